The van der Waals surface area contributed by atoms with Crippen LogP contribution in [-0.2, 0) is 9.47 Å². The molecule has 0 radical (unpaired) electrons. The lowest BCUT2D eigenvalue weighted by atomic mass is 9.88. The van der Waals surface area contributed by atoms with E-state index in [-0.39, 0.29) is 6.09 Å². The fraction of sp³-hybridized carbons (Fsp3) is 0.947. The molecule has 2 rings (SSSR count). The largest absolute Gasteiger partial charge is 0.444 e. The second-order valence-corrected chi connectivity index (χ2v) is 8.33. The fourth-order valence-corrected chi connectivity index (χ4v) is 3.73. The summed E-state index contributed by atoms with van der Waals surface area (Å²) in [4.78, 5) is 14.2. The van der Waals surface area contributed by atoms with Crippen molar-refractivity contribution in [1.29, 1.82) is 0 Å². The summed E-state index contributed by atoms with van der Waals surface area (Å²) in [7, 11) is 0. The van der Waals surface area contributed by atoms with E-state index in [1.54, 1.807) is 0 Å². The normalized spacial score (nSPS) is 26.4. The maximum atomic E-state index is 12.3. The minimum absolute atomic E-state index is 0.161. The Bertz CT molecular complexity index is 389. The summed E-state index contributed by atoms with van der Waals surface area (Å²) in [5, 5.41) is 3.80. The smallest absolute Gasteiger partial charge is 0.410 e. The van der Waals surface area contributed by atoms with Crippen molar-refractivity contribution in [3.05, 3.63) is 0 Å². The van der Waals surface area contributed by atoms with Crippen molar-refractivity contribution in [1.82, 2.24) is 10.2 Å². The van der Waals surface area contributed by atoms with Gasteiger partial charge in [-0.2, -0.15) is 0 Å². The topological polar surface area (TPSA) is 50.8 Å². The summed E-state index contributed by atoms with van der Waals surface area (Å²) in [6.45, 7) is 12.5. The van der Waals surface area contributed by atoms with Crippen LogP contribution in [0.1, 0.15) is 59.8 Å². The molecule has 140 valence electrons. The molecule has 24 heavy (non-hydrogen) atoms. The molecule has 5 nitrogen and oxygen atoms in total. The number of amides is 1. The summed E-state index contributed by atoms with van der Waals surface area (Å²) < 4.78 is 11.0. The third-order valence-corrected chi connectivity index (χ3v) is 5.05. The molecule has 1 N–H and O–H groups in total. The second-order valence-electron chi connectivity index (χ2n) is 8.33. The summed E-state index contributed by atoms with van der Waals surface area (Å²) in [6, 6.07) is 0.520. The van der Waals surface area contributed by atoms with Gasteiger partial charge in [0.15, 0.2) is 0 Å². The van der Waals surface area contributed by atoms with Crippen LogP contribution >= 0.6 is 0 Å². The molecule has 2 fully saturated rings. The van der Waals surface area contributed by atoms with Gasteiger partial charge >= 0.3 is 6.09 Å². The molecule has 5 heteroatoms. The number of ether oxygens (including phenoxy) is 2. The molecular formula is C19H36N2O3. The van der Waals surface area contributed by atoms with Gasteiger partial charge in [-0.05, 0) is 64.8 Å². The number of carbonyl (C=O) groups excluding carboxylic acids is 1. The maximum absolute atomic E-state index is 12.3. The molecule has 2 saturated heterocycles. The molecule has 0 spiro atoms. The monoisotopic (exact) mass is 340 g/mol. The summed E-state index contributed by atoms with van der Waals surface area (Å²) in [5.74, 6) is 1.26. The van der Waals surface area contributed by atoms with E-state index in [0.29, 0.717) is 12.0 Å². The zero-order valence-electron chi connectivity index (χ0n) is 16.0. The van der Waals surface area contributed by atoms with Gasteiger partial charge in [0.05, 0.1) is 0 Å². The lowest BCUT2D eigenvalue weighted by Gasteiger charge is -2.40. The Labute approximate surface area is 147 Å². The predicted molar refractivity (Wildman–Crippen MR) is 96.2 cm³/mol. The van der Waals surface area contributed by atoms with Crippen LogP contribution in [0.15, 0.2) is 0 Å². The van der Waals surface area contributed by atoms with E-state index in [0.717, 1.165) is 58.0 Å². The molecule has 2 unspecified atom stereocenters. The first-order valence-electron chi connectivity index (χ1n) is 9.68. The van der Waals surface area contributed by atoms with E-state index < -0.39 is 5.60 Å². The Morgan fingerprint density at radius 2 is 1.96 bits per heavy atom. The number of hydrogen-bond acceptors (Lipinski definition) is 4. The van der Waals surface area contributed by atoms with Gasteiger partial charge in [-0.25, -0.2) is 4.79 Å². The van der Waals surface area contributed by atoms with Crippen LogP contribution in [0.4, 0.5) is 4.79 Å². The van der Waals surface area contributed by atoms with E-state index >= 15 is 0 Å². The molecule has 0 bridgehead atoms. The Balaban J connectivity index is 1.84. The van der Waals surface area contributed by atoms with Gasteiger partial charge < -0.3 is 19.7 Å². The molecule has 2 aliphatic rings. The van der Waals surface area contributed by atoms with Crippen LogP contribution in [0.2, 0.25) is 0 Å². The predicted octanol–water partition coefficient (Wildman–Crippen LogP) is 3.43. The van der Waals surface area contributed by atoms with Crippen LogP contribution in [0.25, 0.3) is 0 Å². The number of piperidine rings is 1. The first-order valence-corrected chi connectivity index (χ1v) is 9.68. The van der Waals surface area contributed by atoms with Gasteiger partial charge in [-0.3, -0.25) is 0 Å². The van der Waals surface area contributed by atoms with E-state index in [4.69, 9.17) is 9.47 Å². The third-order valence-electron chi connectivity index (χ3n) is 5.05. The van der Waals surface area contributed by atoms with Gasteiger partial charge in [-0.1, -0.05) is 13.3 Å². The van der Waals surface area contributed by atoms with Gasteiger partial charge in [0.2, 0.25) is 0 Å². The van der Waals surface area contributed by atoms with Crippen LogP contribution in [0, 0.1) is 11.8 Å². The molecule has 0 aliphatic carbocycles. The number of rotatable bonds is 5. The number of likely N-dealkylation sites (tertiary alicyclic amines) is 1. The average Bonchev–Trinajstić information content (AvgIpc) is 2.53. The van der Waals surface area contributed by atoms with E-state index in [2.05, 4.69) is 12.2 Å². The first kappa shape index (κ1) is 19.5. The van der Waals surface area contributed by atoms with Crippen LogP contribution < -0.4 is 5.32 Å². The highest BCUT2D eigenvalue weighted by Crippen LogP contribution is 2.24. The lowest BCUT2D eigenvalue weighted by molar-refractivity contribution is 0.0116. The van der Waals surface area contributed by atoms with Crippen LogP contribution in [-0.4, -0.2) is 55.5 Å². The maximum Gasteiger partial charge on any atom is 0.410 e. The summed E-state index contributed by atoms with van der Waals surface area (Å²) >= 11 is 0. The van der Waals surface area contributed by atoms with Crippen molar-refractivity contribution in [3.63, 3.8) is 0 Å². The molecule has 0 aromatic heterocycles. The van der Waals surface area contributed by atoms with Gasteiger partial charge in [0.1, 0.15) is 5.60 Å². The molecule has 1 amide bonds. The number of hydrogen-bond donors (Lipinski definition) is 1. The second kappa shape index (κ2) is 9.04. The molecule has 0 aromatic rings. The fourth-order valence-electron chi connectivity index (χ4n) is 3.73. The highest BCUT2D eigenvalue weighted by molar-refractivity contribution is 5.68. The van der Waals surface area contributed by atoms with E-state index in [1.165, 1.54) is 12.8 Å². The zero-order chi connectivity index (χ0) is 17.6. The van der Waals surface area contributed by atoms with E-state index in [9.17, 15) is 4.79 Å². The molecule has 0 aromatic carbocycles. The van der Waals surface area contributed by atoms with Crippen molar-refractivity contribution in [2.75, 3.05) is 32.8 Å². The van der Waals surface area contributed by atoms with Crippen molar-refractivity contribution < 1.29 is 14.3 Å². The van der Waals surface area contributed by atoms with Gasteiger partial charge in [0, 0.05) is 32.3 Å². The minimum atomic E-state index is -0.421. The quantitative estimate of drug-likeness (QED) is 0.833. The lowest BCUT2D eigenvalue weighted by Crippen LogP contribution is -2.52. The Hall–Kier alpha value is -0.810. The molecule has 2 heterocycles. The molecule has 0 saturated carbocycles. The van der Waals surface area contributed by atoms with Crippen molar-refractivity contribution in [2.45, 2.75) is 71.4 Å². The van der Waals surface area contributed by atoms with Gasteiger partial charge in [-0.15, -0.1) is 0 Å². The summed E-state index contributed by atoms with van der Waals surface area (Å²) in [6.07, 6.45) is 5.51. The van der Waals surface area contributed by atoms with Crippen LogP contribution in [0.5, 0.6) is 0 Å². The third kappa shape index (κ3) is 6.25. The summed E-state index contributed by atoms with van der Waals surface area (Å²) in [5.41, 5.74) is -0.421. The Morgan fingerprint density at radius 3 is 2.58 bits per heavy atom. The van der Waals surface area contributed by atoms with Gasteiger partial charge in [0.25, 0.3) is 0 Å². The number of carbonyl (C=O) groups is 1. The average molecular weight is 341 g/mol. The zero-order valence-corrected chi connectivity index (χ0v) is 16.0. The van der Waals surface area contributed by atoms with E-state index in [1.807, 2.05) is 25.7 Å². The van der Waals surface area contributed by atoms with Crippen molar-refractivity contribution in [3.8, 4) is 0 Å². The first-order chi connectivity index (χ1) is 11.4. The molecular weight excluding hydrogens is 304 g/mol. The highest BCUT2D eigenvalue weighted by Gasteiger charge is 2.33. The molecule has 2 aliphatic heterocycles. The Kier molecular flexibility index (Phi) is 7.35. The highest BCUT2D eigenvalue weighted by atomic mass is 16.6. The number of nitrogens with zero attached hydrogens (tertiary/aromatic N) is 1. The standard InChI is InChI=1S/C19H36N2O3/c1-5-6-16-14-21(18(22)24-19(2,3)4)10-7-17(16)20-13-15-8-11-23-12-9-15/h15-17,20H,5-14H2,1-4H3. The minimum Gasteiger partial charge on any atom is -0.444 e. The van der Waals surface area contributed by atoms with Crippen molar-refractivity contribution >= 4 is 6.09 Å². The van der Waals surface area contributed by atoms with Crippen molar-refractivity contribution in [2.24, 2.45) is 11.8 Å². The van der Waals surface area contributed by atoms with Crippen LogP contribution in [0.3, 0.4) is 0 Å². The molecule has 2 atom stereocenters. The SMILES string of the molecule is CCCC1CN(C(=O)OC(C)(C)C)CCC1NCC1CCOCC1. The Morgan fingerprint density at radius 1 is 1.25 bits per heavy atom. The number of nitrogens with one attached hydrogen (secondary N) is 1.